The second kappa shape index (κ2) is 13.2. The summed E-state index contributed by atoms with van der Waals surface area (Å²) in [6.07, 6.45) is 0.0955. The molecule has 0 aliphatic heterocycles. The summed E-state index contributed by atoms with van der Waals surface area (Å²) in [5.74, 6) is -1.91. The molecule has 4 N–H and O–H groups in total. The normalized spacial score (nSPS) is 12.9. The third-order valence-electron chi connectivity index (χ3n) is 6.60. The molecule has 41 heavy (non-hydrogen) atoms. The predicted molar refractivity (Wildman–Crippen MR) is 158 cm³/mol. The van der Waals surface area contributed by atoms with Crippen LogP contribution in [0.3, 0.4) is 0 Å². The van der Waals surface area contributed by atoms with Crippen LogP contribution in [0.4, 0.5) is 10.1 Å². The Morgan fingerprint density at radius 1 is 0.878 bits per heavy atom. The number of aliphatic hydroxyl groups is 2. The number of halogens is 1. The van der Waals surface area contributed by atoms with Gasteiger partial charge in [-0.2, -0.15) is 0 Å². The zero-order chi connectivity index (χ0) is 29.5. The number of carbonyl (C=O) groups excluding carboxylic acids is 1. The molecule has 1 unspecified atom stereocenters. The number of anilines is 1. The first kappa shape index (κ1) is 29.5. The summed E-state index contributed by atoms with van der Waals surface area (Å²) < 4.78 is 15.9. The third-order valence-corrected chi connectivity index (χ3v) is 6.60. The number of aliphatic hydroxyl groups excluding tert-OH is 2. The van der Waals surface area contributed by atoms with Crippen molar-refractivity contribution < 1.29 is 29.3 Å². The highest BCUT2D eigenvalue weighted by Gasteiger charge is 2.29. The van der Waals surface area contributed by atoms with Crippen LogP contribution in [-0.2, 0) is 4.79 Å². The molecule has 1 amide bonds. The van der Waals surface area contributed by atoms with Crippen LogP contribution in [0.15, 0.2) is 91.0 Å². The van der Waals surface area contributed by atoms with Crippen LogP contribution in [0.5, 0.6) is 0 Å². The van der Waals surface area contributed by atoms with Gasteiger partial charge < -0.3 is 25.2 Å². The van der Waals surface area contributed by atoms with Gasteiger partial charge >= 0.3 is 5.97 Å². The van der Waals surface area contributed by atoms with Crippen molar-refractivity contribution in [2.24, 2.45) is 0 Å². The summed E-state index contributed by atoms with van der Waals surface area (Å²) >= 11 is 0. The molecule has 0 aliphatic rings. The molecule has 8 heteroatoms. The van der Waals surface area contributed by atoms with E-state index in [1.54, 1.807) is 30.3 Å². The summed E-state index contributed by atoms with van der Waals surface area (Å²) in [6, 6.07) is 24.3. The molecule has 0 aliphatic carbocycles. The number of carbonyl (C=O) groups is 2. The van der Waals surface area contributed by atoms with E-state index in [1.807, 2.05) is 66.9 Å². The Balaban J connectivity index is 1.96. The predicted octanol–water partition coefficient (Wildman–Crippen LogP) is 6.39. The van der Waals surface area contributed by atoms with Crippen LogP contribution < -0.4 is 5.32 Å². The minimum atomic E-state index is -1.23. The van der Waals surface area contributed by atoms with Crippen LogP contribution in [0, 0.1) is 5.82 Å². The highest BCUT2D eigenvalue weighted by Crippen LogP contribution is 2.42. The number of nitrogens with zero attached hydrogens (tertiary/aromatic N) is 1. The fraction of sp³-hybridized carbons (Fsp3) is 0.212. The monoisotopic (exact) mass is 556 g/mol. The van der Waals surface area contributed by atoms with Crippen molar-refractivity contribution in [1.29, 1.82) is 0 Å². The first-order valence-electron chi connectivity index (χ1n) is 13.4. The molecule has 4 rings (SSSR count). The minimum Gasteiger partial charge on any atom is -0.481 e. The quantitative estimate of drug-likeness (QED) is 0.171. The number of para-hydroxylation sites is 1. The average Bonchev–Trinajstić information content (AvgIpc) is 3.28. The van der Waals surface area contributed by atoms with Gasteiger partial charge in [-0.25, -0.2) is 4.39 Å². The molecule has 0 saturated heterocycles. The van der Waals surface area contributed by atoms with E-state index in [1.165, 1.54) is 18.2 Å². The SMILES string of the molecule is CC(C)n1c(/C=C/[C@@H](O)CC(O)CC(=O)O)c(-c2ccc(F)cc2)c(-c2ccccc2)c1C(=O)Nc1ccccc1. The Labute approximate surface area is 238 Å². The smallest absolute Gasteiger partial charge is 0.305 e. The highest BCUT2D eigenvalue weighted by molar-refractivity contribution is 6.11. The number of amides is 1. The molecule has 4 aromatic rings. The fourth-order valence-electron chi connectivity index (χ4n) is 4.88. The summed E-state index contributed by atoms with van der Waals surface area (Å²) in [5.41, 5.74) is 4.34. The molecule has 3 aromatic carbocycles. The lowest BCUT2D eigenvalue weighted by Gasteiger charge is -2.17. The zero-order valence-corrected chi connectivity index (χ0v) is 22.9. The van der Waals surface area contributed by atoms with Gasteiger partial charge in [-0.05, 0) is 55.3 Å². The van der Waals surface area contributed by atoms with Crippen molar-refractivity contribution in [3.63, 3.8) is 0 Å². The summed E-state index contributed by atoms with van der Waals surface area (Å²) in [6.45, 7) is 3.87. The lowest BCUT2D eigenvalue weighted by Crippen LogP contribution is -2.20. The van der Waals surface area contributed by atoms with Gasteiger partial charge in [0.15, 0.2) is 0 Å². The zero-order valence-electron chi connectivity index (χ0n) is 22.9. The Hall–Kier alpha value is -4.53. The van der Waals surface area contributed by atoms with E-state index in [0.717, 1.165) is 5.56 Å². The van der Waals surface area contributed by atoms with E-state index in [0.29, 0.717) is 33.8 Å². The number of aliphatic carboxylic acids is 1. The molecule has 1 heterocycles. The lowest BCUT2D eigenvalue weighted by atomic mass is 9.94. The average molecular weight is 557 g/mol. The number of aromatic nitrogens is 1. The van der Waals surface area contributed by atoms with Crippen molar-refractivity contribution in [1.82, 2.24) is 4.57 Å². The molecule has 0 fully saturated rings. The van der Waals surface area contributed by atoms with Crippen molar-refractivity contribution in [2.75, 3.05) is 5.32 Å². The number of benzene rings is 3. The molecule has 0 bridgehead atoms. The summed E-state index contributed by atoms with van der Waals surface area (Å²) in [7, 11) is 0. The van der Waals surface area contributed by atoms with Crippen LogP contribution >= 0.6 is 0 Å². The van der Waals surface area contributed by atoms with Gasteiger partial charge in [-0.1, -0.05) is 66.7 Å². The van der Waals surface area contributed by atoms with Crippen molar-refractivity contribution in [3.05, 3.63) is 108 Å². The van der Waals surface area contributed by atoms with E-state index in [-0.39, 0.29) is 18.4 Å². The van der Waals surface area contributed by atoms with Gasteiger partial charge in [-0.3, -0.25) is 9.59 Å². The topological polar surface area (TPSA) is 112 Å². The van der Waals surface area contributed by atoms with Gasteiger partial charge in [0.2, 0.25) is 0 Å². The van der Waals surface area contributed by atoms with E-state index in [2.05, 4.69) is 5.32 Å². The van der Waals surface area contributed by atoms with Crippen LogP contribution in [0.1, 0.15) is 48.9 Å². The van der Waals surface area contributed by atoms with Gasteiger partial charge in [0.1, 0.15) is 11.5 Å². The van der Waals surface area contributed by atoms with Gasteiger partial charge in [-0.15, -0.1) is 0 Å². The highest BCUT2D eigenvalue weighted by atomic mass is 19.1. The number of carboxylic acids is 1. The minimum absolute atomic E-state index is 0.177. The first-order valence-corrected chi connectivity index (χ1v) is 13.4. The van der Waals surface area contributed by atoms with Crippen LogP contribution in [0.2, 0.25) is 0 Å². The Bertz CT molecular complexity index is 1510. The number of hydrogen-bond donors (Lipinski definition) is 4. The summed E-state index contributed by atoms with van der Waals surface area (Å²) in [4.78, 5) is 25.0. The van der Waals surface area contributed by atoms with E-state index in [4.69, 9.17) is 5.11 Å². The van der Waals surface area contributed by atoms with Crippen LogP contribution in [0.25, 0.3) is 28.3 Å². The molecule has 0 spiro atoms. The molecule has 1 aromatic heterocycles. The standard InChI is InChI=1S/C33H33FN2O5/c1-21(2)36-28(18-17-26(37)19-27(38)20-29(39)40)30(23-13-15-24(34)16-14-23)31(22-9-5-3-6-10-22)32(36)33(41)35-25-11-7-4-8-12-25/h3-18,21,26-27,37-38H,19-20H2,1-2H3,(H,35,41)(H,39,40)/b18-17+/t26-,27?/m1/s1. The van der Waals surface area contributed by atoms with E-state index >= 15 is 0 Å². The van der Waals surface area contributed by atoms with Crippen molar-refractivity contribution in [3.8, 4) is 22.3 Å². The van der Waals surface area contributed by atoms with Gasteiger partial charge in [0, 0.05) is 35.0 Å². The first-order chi connectivity index (χ1) is 19.7. The maximum atomic E-state index is 14.0. The third kappa shape index (κ3) is 7.16. The Morgan fingerprint density at radius 3 is 2.05 bits per heavy atom. The van der Waals surface area contributed by atoms with Gasteiger partial charge in [0.05, 0.1) is 18.6 Å². The molecule has 2 atom stereocenters. The van der Waals surface area contributed by atoms with Crippen molar-refractivity contribution >= 4 is 23.6 Å². The maximum absolute atomic E-state index is 14.0. The lowest BCUT2D eigenvalue weighted by molar-refractivity contribution is -0.139. The summed E-state index contributed by atoms with van der Waals surface area (Å²) in [5, 5.41) is 32.6. The molecular weight excluding hydrogens is 523 g/mol. The number of hydrogen-bond acceptors (Lipinski definition) is 4. The number of carboxylic acid groups (broad SMARTS) is 1. The molecule has 0 saturated carbocycles. The van der Waals surface area contributed by atoms with Crippen molar-refractivity contribution in [2.45, 2.75) is 44.9 Å². The second-order valence-electron chi connectivity index (χ2n) is 10.1. The molecular formula is C33H33FN2O5. The van der Waals surface area contributed by atoms with E-state index < -0.39 is 30.4 Å². The number of rotatable bonds is 11. The number of nitrogens with one attached hydrogen (secondary N) is 1. The second-order valence-corrected chi connectivity index (χ2v) is 10.1. The van der Waals surface area contributed by atoms with E-state index in [9.17, 15) is 24.2 Å². The molecule has 212 valence electrons. The maximum Gasteiger partial charge on any atom is 0.305 e. The van der Waals surface area contributed by atoms with Gasteiger partial charge in [0.25, 0.3) is 5.91 Å². The van der Waals surface area contributed by atoms with Crippen LogP contribution in [-0.4, -0.2) is 44.0 Å². The Kier molecular flexibility index (Phi) is 9.49. The fourth-order valence-corrected chi connectivity index (χ4v) is 4.88. The molecule has 0 radical (unpaired) electrons. The molecule has 7 nitrogen and oxygen atoms in total. The largest absolute Gasteiger partial charge is 0.481 e. The Morgan fingerprint density at radius 2 is 1.46 bits per heavy atom.